The Hall–Kier alpha value is -2.32. The molecule has 1 N–H and O–H groups in total. The van der Waals surface area contributed by atoms with Gasteiger partial charge in [-0.1, -0.05) is 11.6 Å². The normalized spacial score (nSPS) is 11.5. The van der Waals surface area contributed by atoms with Gasteiger partial charge in [0.25, 0.3) is 10.0 Å². The first-order valence-electron chi connectivity index (χ1n) is 6.15. The van der Waals surface area contributed by atoms with E-state index in [1.807, 2.05) is 0 Å². The summed E-state index contributed by atoms with van der Waals surface area (Å²) in [4.78, 5) is -0.0358. The minimum absolute atomic E-state index is 0.0358. The molecule has 114 valence electrons. The van der Waals surface area contributed by atoms with Gasteiger partial charge in [-0.25, -0.2) is 8.42 Å². The first-order valence-corrected chi connectivity index (χ1v) is 8.01. The molecular weight excluding hydrogens is 328 g/mol. The van der Waals surface area contributed by atoms with Gasteiger partial charge >= 0.3 is 0 Å². The highest BCUT2D eigenvalue weighted by atomic mass is 35.5. The van der Waals surface area contributed by atoms with E-state index in [-0.39, 0.29) is 10.6 Å². The van der Waals surface area contributed by atoms with Crippen molar-refractivity contribution in [1.29, 1.82) is 0 Å². The van der Waals surface area contributed by atoms with Crippen molar-refractivity contribution >= 4 is 33.0 Å². The summed E-state index contributed by atoms with van der Waals surface area (Å²) in [6.45, 7) is 0. The fraction of sp³-hybridized carbons (Fsp3) is 0.0769. The standard InChI is InChI=1S/C13H11ClN4O3S/c1-21-11-4-2-9(14)6-12(11)22(19,20)17-10-3-5-13-16-15-8-18(13)7-10/h2-8,17H,1H3. The van der Waals surface area contributed by atoms with Crippen LogP contribution in [0.15, 0.2) is 47.8 Å². The van der Waals surface area contributed by atoms with Gasteiger partial charge in [0, 0.05) is 11.2 Å². The number of aromatic nitrogens is 3. The van der Waals surface area contributed by atoms with Crippen LogP contribution in [0.5, 0.6) is 5.75 Å². The van der Waals surface area contributed by atoms with Gasteiger partial charge in [-0.15, -0.1) is 10.2 Å². The Morgan fingerprint density at radius 2 is 2.09 bits per heavy atom. The molecule has 2 heterocycles. The summed E-state index contributed by atoms with van der Waals surface area (Å²) in [6.07, 6.45) is 3.05. The van der Waals surface area contributed by atoms with Gasteiger partial charge < -0.3 is 4.74 Å². The zero-order valence-corrected chi connectivity index (χ0v) is 13.0. The van der Waals surface area contributed by atoms with E-state index in [9.17, 15) is 8.42 Å². The lowest BCUT2D eigenvalue weighted by molar-refractivity contribution is 0.403. The van der Waals surface area contributed by atoms with Crippen LogP contribution in [0.3, 0.4) is 0 Å². The van der Waals surface area contributed by atoms with Crippen molar-refractivity contribution < 1.29 is 13.2 Å². The number of pyridine rings is 1. The van der Waals surface area contributed by atoms with E-state index in [2.05, 4.69) is 14.9 Å². The van der Waals surface area contributed by atoms with Gasteiger partial charge in [-0.3, -0.25) is 9.12 Å². The van der Waals surface area contributed by atoms with Crippen LogP contribution in [0, 0.1) is 0 Å². The van der Waals surface area contributed by atoms with Crippen LogP contribution in [-0.4, -0.2) is 30.1 Å². The molecule has 3 aromatic rings. The number of halogens is 1. The van der Waals surface area contributed by atoms with Gasteiger partial charge in [0.2, 0.25) is 0 Å². The highest BCUT2D eigenvalue weighted by Gasteiger charge is 2.20. The predicted octanol–water partition coefficient (Wildman–Crippen LogP) is 2.19. The first-order chi connectivity index (χ1) is 10.5. The van der Waals surface area contributed by atoms with Crippen molar-refractivity contribution in [2.75, 3.05) is 11.8 Å². The first kappa shape index (κ1) is 14.6. The number of fused-ring (bicyclic) bond motifs is 1. The molecule has 0 saturated carbocycles. The van der Waals surface area contributed by atoms with Crippen LogP contribution in [0.4, 0.5) is 5.69 Å². The van der Waals surface area contributed by atoms with E-state index in [4.69, 9.17) is 16.3 Å². The number of rotatable bonds is 4. The molecule has 0 unspecified atom stereocenters. The van der Waals surface area contributed by atoms with E-state index in [0.29, 0.717) is 16.4 Å². The number of ether oxygens (including phenoxy) is 1. The molecule has 0 bridgehead atoms. The molecule has 2 aromatic heterocycles. The molecule has 3 rings (SSSR count). The molecule has 0 radical (unpaired) electrons. The smallest absolute Gasteiger partial charge is 0.265 e. The summed E-state index contributed by atoms with van der Waals surface area (Å²) in [7, 11) is -2.45. The van der Waals surface area contributed by atoms with Crippen LogP contribution in [-0.2, 0) is 10.0 Å². The molecule has 0 aliphatic rings. The molecule has 22 heavy (non-hydrogen) atoms. The van der Waals surface area contributed by atoms with E-state index < -0.39 is 10.0 Å². The summed E-state index contributed by atoms with van der Waals surface area (Å²) in [5.41, 5.74) is 0.984. The lowest BCUT2D eigenvalue weighted by atomic mass is 10.3. The van der Waals surface area contributed by atoms with Gasteiger partial charge in [0.05, 0.1) is 12.8 Å². The second-order valence-electron chi connectivity index (χ2n) is 4.41. The number of sulfonamides is 1. The Balaban J connectivity index is 2.01. The Kier molecular flexibility index (Phi) is 3.63. The van der Waals surface area contributed by atoms with Crippen LogP contribution in [0.25, 0.3) is 5.65 Å². The summed E-state index contributed by atoms with van der Waals surface area (Å²) in [5.74, 6) is 0.210. The molecule has 0 aliphatic heterocycles. The number of nitrogens with zero attached hydrogens (tertiary/aromatic N) is 3. The Labute approximate surface area is 131 Å². The average molecular weight is 339 g/mol. The van der Waals surface area contributed by atoms with Gasteiger partial charge in [-0.2, -0.15) is 0 Å². The largest absolute Gasteiger partial charge is 0.495 e. The Morgan fingerprint density at radius 3 is 2.86 bits per heavy atom. The maximum absolute atomic E-state index is 12.5. The van der Waals surface area contributed by atoms with Crippen LogP contribution in [0.2, 0.25) is 5.02 Å². The van der Waals surface area contributed by atoms with Crippen molar-refractivity contribution in [3.8, 4) is 5.75 Å². The molecule has 0 atom stereocenters. The minimum atomic E-state index is -3.84. The number of benzene rings is 1. The summed E-state index contributed by atoms with van der Waals surface area (Å²) in [5, 5.41) is 7.89. The number of nitrogens with one attached hydrogen (secondary N) is 1. The van der Waals surface area contributed by atoms with E-state index in [0.717, 1.165) is 0 Å². The van der Waals surface area contributed by atoms with Crippen molar-refractivity contribution in [2.24, 2.45) is 0 Å². The third-order valence-corrected chi connectivity index (χ3v) is 4.60. The zero-order valence-electron chi connectivity index (χ0n) is 11.4. The lowest BCUT2D eigenvalue weighted by Gasteiger charge is -2.12. The summed E-state index contributed by atoms with van der Waals surface area (Å²) < 4.78 is 34.2. The topological polar surface area (TPSA) is 85.6 Å². The van der Waals surface area contributed by atoms with Crippen molar-refractivity contribution in [3.05, 3.63) is 47.9 Å². The van der Waals surface area contributed by atoms with Crippen molar-refractivity contribution in [3.63, 3.8) is 0 Å². The van der Waals surface area contributed by atoms with E-state index in [1.54, 1.807) is 28.8 Å². The number of hydrogen-bond acceptors (Lipinski definition) is 5. The fourth-order valence-corrected chi connectivity index (χ4v) is 3.43. The average Bonchev–Trinajstić information content (AvgIpc) is 2.94. The van der Waals surface area contributed by atoms with Crippen LogP contribution in [0.1, 0.15) is 0 Å². The second-order valence-corrected chi connectivity index (χ2v) is 6.50. The fourth-order valence-electron chi connectivity index (χ4n) is 1.96. The van der Waals surface area contributed by atoms with E-state index >= 15 is 0 Å². The summed E-state index contributed by atoms with van der Waals surface area (Å²) >= 11 is 5.88. The molecule has 9 heteroatoms. The predicted molar refractivity (Wildman–Crippen MR) is 81.8 cm³/mol. The zero-order chi connectivity index (χ0) is 15.7. The van der Waals surface area contributed by atoms with E-state index in [1.165, 1.54) is 25.6 Å². The molecule has 0 amide bonds. The number of anilines is 1. The number of methoxy groups -OCH3 is 1. The molecule has 0 aliphatic carbocycles. The second kappa shape index (κ2) is 5.47. The molecule has 0 fully saturated rings. The molecule has 0 saturated heterocycles. The third kappa shape index (κ3) is 2.70. The maximum atomic E-state index is 12.5. The van der Waals surface area contributed by atoms with Gasteiger partial charge in [0.1, 0.15) is 17.0 Å². The maximum Gasteiger partial charge on any atom is 0.265 e. The summed E-state index contributed by atoms with van der Waals surface area (Å²) in [6, 6.07) is 7.64. The monoisotopic (exact) mass is 338 g/mol. The Bertz CT molecular complexity index is 939. The molecule has 1 aromatic carbocycles. The molecule has 0 spiro atoms. The Morgan fingerprint density at radius 1 is 1.27 bits per heavy atom. The highest BCUT2D eigenvalue weighted by Crippen LogP contribution is 2.28. The number of hydrogen-bond donors (Lipinski definition) is 1. The quantitative estimate of drug-likeness (QED) is 0.788. The molecule has 7 nitrogen and oxygen atoms in total. The van der Waals surface area contributed by atoms with Crippen molar-refractivity contribution in [1.82, 2.24) is 14.6 Å². The van der Waals surface area contributed by atoms with Crippen LogP contribution >= 0.6 is 11.6 Å². The van der Waals surface area contributed by atoms with Crippen molar-refractivity contribution in [2.45, 2.75) is 4.90 Å². The third-order valence-electron chi connectivity index (χ3n) is 2.96. The minimum Gasteiger partial charge on any atom is -0.495 e. The highest BCUT2D eigenvalue weighted by molar-refractivity contribution is 7.92. The van der Waals surface area contributed by atoms with Gasteiger partial charge in [-0.05, 0) is 30.3 Å². The molecular formula is C13H11ClN4O3S. The van der Waals surface area contributed by atoms with Crippen LogP contribution < -0.4 is 9.46 Å². The SMILES string of the molecule is COc1ccc(Cl)cc1S(=O)(=O)Nc1ccc2nncn2c1. The van der Waals surface area contributed by atoms with Gasteiger partial charge in [0.15, 0.2) is 5.65 Å². The lowest BCUT2D eigenvalue weighted by Crippen LogP contribution is -2.14.